The third kappa shape index (κ3) is 2.13. The number of allylic oxidation sites excluding steroid dienone is 1. The van der Waals surface area contributed by atoms with Crippen LogP contribution >= 0.6 is 0 Å². The number of carbonyl (C=O) groups is 1. The van der Waals surface area contributed by atoms with Gasteiger partial charge in [-0.05, 0) is 93.7 Å². The molecule has 0 aromatic carbocycles. The zero-order chi connectivity index (χ0) is 16.4. The normalized spacial score (nSPS) is 49.4. The highest BCUT2D eigenvalue weighted by Gasteiger charge is 2.59. The smallest absolute Gasteiger partial charge is 0.155 e. The van der Waals surface area contributed by atoms with Crippen LogP contribution in [0.4, 0.5) is 0 Å². The molecule has 0 amide bonds. The summed E-state index contributed by atoms with van der Waals surface area (Å²) in [5.41, 5.74) is 2.35. The van der Waals surface area contributed by atoms with Crippen molar-refractivity contribution in [1.82, 2.24) is 4.90 Å². The Hall–Kier alpha value is -0.630. The molecule has 4 aliphatic carbocycles. The second kappa shape index (κ2) is 5.18. The molecule has 0 bridgehead atoms. The average molecular weight is 316 g/mol. The first-order valence-electron chi connectivity index (χ1n) is 9.76. The van der Waals surface area contributed by atoms with Gasteiger partial charge in [0.05, 0.1) is 0 Å². The van der Waals surface area contributed by atoms with Gasteiger partial charge in [0.15, 0.2) is 5.78 Å². The van der Waals surface area contributed by atoms with E-state index in [1.54, 1.807) is 0 Å². The molecule has 0 spiro atoms. The van der Waals surface area contributed by atoms with Crippen molar-refractivity contribution in [2.75, 3.05) is 14.1 Å². The van der Waals surface area contributed by atoms with E-state index in [0.29, 0.717) is 16.6 Å². The molecule has 6 unspecified atom stereocenters. The second-order valence-corrected chi connectivity index (χ2v) is 9.57. The van der Waals surface area contributed by atoms with E-state index in [9.17, 15) is 4.79 Å². The van der Waals surface area contributed by atoms with Gasteiger partial charge in [-0.25, -0.2) is 0 Å². The van der Waals surface area contributed by atoms with Gasteiger partial charge < -0.3 is 4.90 Å². The van der Waals surface area contributed by atoms with Crippen LogP contribution in [0.5, 0.6) is 0 Å². The molecule has 3 fully saturated rings. The zero-order valence-electron chi connectivity index (χ0n) is 15.4. The molecule has 0 heterocycles. The summed E-state index contributed by atoms with van der Waals surface area (Å²) in [4.78, 5) is 14.4. The highest BCUT2D eigenvalue weighted by Crippen LogP contribution is 2.65. The minimum atomic E-state index is 0.328. The van der Waals surface area contributed by atoms with E-state index >= 15 is 0 Å². The molecular formula is C21H33NO. The zero-order valence-corrected chi connectivity index (χ0v) is 15.4. The van der Waals surface area contributed by atoms with Crippen molar-refractivity contribution < 1.29 is 4.79 Å². The topological polar surface area (TPSA) is 20.3 Å². The van der Waals surface area contributed by atoms with Gasteiger partial charge >= 0.3 is 0 Å². The average Bonchev–Trinajstić information content (AvgIpc) is 2.85. The highest BCUT2D eigenvalue weighted by molar-refractivity contribution is 5.91. The number of ketones is 1. The Labute approximate surface area is 141 Å². The molecule has 4 aliphatic rings. The van der Waals surface area contributed by atoms with E-state index < -0.39 is 0 Å². The van der Waals surface area contributed by atoms with E-state index in [-0.39, 0.29) is 0 Å². The maximum absolute atomic E-state index is 11.9. The Balaban J connectivity index is 1.66. The van der Waals surface area contributed by atoms with Gasteiger partial charge in [-0.2, -0.15) is 0 Å². The Morgan fingerprint density at radius 3 is 2.52 bits per heavy atom. The van der Waals surface area contributed by atoms with Crippen molar-refractivity contribution >= 4 is 5.78 Å². The van der Waals surface area contributed by atoms with Crippen LogP contribution in [0.2, 0.25) is 0 Å². The third-order valence-corrected chi connectivity index (χ3v) is 8.54. The molecule has 2 nitrogen and oxygen atoms in total. The summed E-state index contributed by atoms with van der Waals surface area (Å²) in [5, 5.41) is 0. The molecule has 2 heteroatoms. The molecule has 0 N–H and O–H groups in total. The molecule has 0 saturated heterocycles. The van der Waals surface area contributed by atoms with Gasteiger partial charge in [0.2, 0.25) is 0 Å². The number of fused-ring (bicyclic) bond motifs is 5. The summed E-state index contributed by atoms with van der Waals surface area (Å²) in [6.07, 6.45) is 12.0. The Morgan fingerprint density at radius 1 is 1.00 bits per heavy atom. The summed E-state index contributed by atoms with van der Waals surface area (Å²) in [7, 11) is 4.56. The summed E-state index contributed by atoms with van der Waals surface area (Å²) >= 11 is 0. The third-order valence-electron chi connectivity index (χ3n) is 8.54. The van der Waals surface area contributed by atoms with Crippen LogP contribution in [0.1, 0.15) is 65.2 Å². The van der Waals surface area contributed by atoms with Crippen molar-refractivity contribution in [3.63, 3.8) is 0 Å². The summed E-state index contributed by atoms with van der Waals surface area (Å²) < 4.78 is 0. The first kappa shape index (κ1) is 15.9. The molecule has 23 heavy (non-hydrogen) atoms. The Kier molecular flexibility index (Phi) is 3.58. The lowest BCUT2D eigenvalue weighted by Crippen LogP contribution is -2.53. The van der Waals surface area contributed by atoms with E-state index in [1.807, 2.05) is 6.08 Å². The SMILES string of the molecule is CN(C)C1CCC2C3CCC4=CC(=O)CCC4(C)C3CCC21C. The molecule has 0 radical (unpaired) electrons. The van der Waals surface area contributed by atoms with E-state index in [1.165, 1.54) is 44.1 Å². The fourth-order valence-electron chi connectivity index (χ4n) is 7.38. The predicted octanol–water partition coefficient (Wildman–Crippen LogP) is 4.45. The number of carbonyl (C=O) groups excluding carboxylic acids is 1. The number of rotatable bonds is 1. The maximum atomic E-state index is 11.9. The van der Waals surface area contributed by atoms with E-state index in [0.717, 1.165) is 36.6 Å². The van der Waals surface area contributed by atoms with Crippen molar-refractivity contribution in [3.8, 4) is 0 Å². The Morgan fingerprint density at radius 2 is 1.78 bits per heavy atom. The molecular weight excluding hydrogens is 282 g/mol. The molecule has 0 aliphatic heterocycles. The summed E-state index contributed by atoms with van der Waals surface area (Å²) in [6.45, 7) is 5.08. The lowest BCUT2D eigenvalue weighted by atomic mass is 9.47. The standard InChI is InChI=1S/C21H33NO/c1-20-11-9-15(23)13-14(20)5-6-16-17-7-8-19(22(3)4)21(17,2)12-10-18(16)20/h13,16-19H,5-12H2,1-4H3. The second-order valence-electron chi connectivity index (χ2n) is 9.57. The van der Waals surface area contributed by atoms with Gasteiger partial charge in [-0.15, -0.1) is 0 Å². The predicted molar refractivity (Wildman–Crippen MR) is 94.2 cm³/mol. The molecule has 4 rings (SSSR count). The van der Waals surface area contributed by atoms with Gasteiger partial charge in [0.1, 0.15) is 0 Å². The fraction of sp³-hybridized carbons (Fsp3) is 0.857. The van der Waals surface area contributed by atoms with Crippen LogP contribution in [0.3, 0.4) is 0 Å². The lowest BCUT2D eigenvalue weighted by molar-refractivity contribution is -0.117. The summed E-state index contributed by atoms with van der Waals surface area (Å²) in [5.74, 6) is 3.01. The van der Waals surface area contributed by atoms with Crippen LogP contribution in [-0.4, -0.2) is 30.8 Å². The van der Waals surface area contributed by atoms with Crippen molar-refractivity contribution in [3.05, 3.63) is 11.6 Å². The molecule has 128 valence electrons. The van der Waals surface area contributed by atoms with Crippen LogP contribution in [-0.2, 0) is 4.79 Å². The molecule has 3 saturated carbocycles. The van der Waals surface area contributed by atoms with Gasteiger partial charge in [0.25, 0.3) is 0 Å². The number of hydrogen-bond donors (Lipinski definition) is 0. The summed E-state index contributed by atoms with van der Waals surface area (Å²) in [6, 6.07) is 0.770. The van der Waals surface area contributed by atoms with Crippen LogP contribution in [0.25, 0.3) is 0 Å². The van der Waals surface area contributed by atoms with Crippen molar-refractivity contribution in [2.45, 2.75) is 71.3 Å². The quantitative estimate of drug-likeness (QED) is 0.712. The molecule has 6 atom stereocenters. The van der Waals surface area contributed by atoms with Crippen molar-refractivity contribution in [1.29, 1.82) is 0 Å². The highest BCUT2D eigenvalue weighted by atomic mass is 16.1. The minimum absolute atomic E-state index is 0.328. The Bertz CT molecular complexity index is 550. The number of nitrogens with zero attached hydrogens (tertiary/aromatic N) is 1. The van der Waals surface area contributed by atoms with E-state index in [4.69, 9.17) is 0 Å². The molecule has 0 aromatic rings. The largest absolute Gasteiger partial charge is 0.306 e. The fourth-order valence-corrected chi connectivity index (χ4v) is 7.38. The minimum Gasteiger partial charge on any atom is -0.306 e. The van der Waals surface area contributed by atoms with E-state index in [2.05, 4.69) is 32.8 Å². The lowest BCUT2D eigenvalue weighted by Gasteiger charge is -2.58. The number of hydrogen-bond acceptors (Lipinski definition) is 2. The van der Waals surface area contributed by atoms with Crippen LogP contribution in [0, 0.1) is 28.6 Å². The van der Waals surface area contributed by atoms with Crippen LogP contribution < -0.4 is 0 Å². The molecule has 0 aromatic heterocycles. The first-order valence-corrected chi connectivity index (χ1v) is 9.76. The monoisotopic (exact) mass is 315 g/mol. The van der Waals surface area contributed by atoms with Gasteiger partial charge in [-0.3, -0.25) is 4.79 Å². The van der Waals surface area contributed by atoms with Crippen LogP contribution in [0.15, 0.2) is 11.6 Å². The van der Waals surface area contributed by atoms with Gasteiger partial charge in [0, 0.05) is 12.5 Å². The maximum Gasteiger partial charge on any atom is 0.155 e. The van der Waals surface area contributed by atoms with Crippen molar-refractivity contribution in [2.24, 2.45) is 28.6 Å². The van der Waals surface area contributed by atoms with Gasteiger partial charge in [-0.1, -0.05) is 19.4 Å². The first-order chi connectivity index (χ1) is 10.9.